The van der Waals surface area contributed by atoms with E-state index in [4.69, 9.17) is 4.74 Å². The maximum absolute atomic E-state index is 15.8. The van der Waals surface area contributed by atoms with E-state index in [2.05, 4.69) is 15.3 Å². The molecular weight excluding hydrogens is 459 g/mol. The van der Waals surface area contributed by atoms with Crippen LogP contribution in [0.5, 0.6) is 11.5 Å². The third-order valence-corrected chi connectivity index (χ3v) is 7.02. The molecule has 1 amide bonds. The fraction of sp³-hybridized carbons (Fsp3) is 0.292. The van der Waals surface area contributed by atoms with Crippen LogP contribution in [0.15, 0.2) is 29.3 Å². The molecule has 4 aromatic heterocycles. The smallest absolute Gasteiger partial charge is 0.274 e. The van der Waals surface area contributed by atoms with Gasteiger partial charge < -0.3 is 24.7 Å². The average molecular weight is 485 g/mol. The standard InChI is InChI=1S/C24H25FN4O4S/c1-11-7-8-27-12(2)18(11)33-19-16(25)21(24(3,4)32)34-20(19)14-10-29(6)23(31)17-13(14)9-15(28-17)22(30)26-5/h7-10,28,32H,1-6H3,(H,26,30). The molecule has 178 valence electrons. The van der Waals surface area contributed by atoms with Gasteiger partial charge >= 0.3 is 0 Å². The zero-order valence-electron chi connectivity index (χ0n) is 19.7. The highest BCUT2D eigenvalue weighted by molar-refractivity contribution is 7.16. The molecule has 0 aliphatic rings. The number of nitrogens with one attached hydrogen (secondary N) is 2. The van der Waals surface area contributed by atoms with Crippen LogP contribution in [0.25, 0.3) is 21.3 Å². The molecule has 0 aliphatic carbocycles. The Kier molecular flexibility index (Phi) is 5.82. The number of halogens is 1. The number of aromatic amines is 1. The van der Waals surface area contributed by atoms with Crippen LogP contribution in [-0.2, 0) is 12.6 Å². The lowest BCUT2D eigenvalue weighted by molar-refractivity contribution is 0.0785. The van der Waals surface area contributed by atoms with Crippen molar-refractivity contribution in [3.05, 3.63) is 62.5 Å². The van der Waals surface area contributed by atoms with Crippen molar-refractivity contribution >= 4 is 28.1 Å². The first-order chi connectivity index (χ1) is 15.9. The Bertz CT molecular complexity index is 1470. The number of fused-ring (bicyclic) bond motifs is 1. The number of aromatic nitrogens is 3. The number of amides is 1. The predicted molar refractivity (Wildman–Crippen MR) is 129 cm³/mol. The molecule has 4 aromatic rings. The second kappa shape index (κ2) is 8.37. The van der Waals surface area contributed by atoms with Gasteiger partial charge in [0.2, 0.25) is 0 Å². The number of nitrogens with zero attached hydrogens (tertiary/aromatic N) is 2. The van der Waals surface area contributed by atoms with Gasteiger partial charge in [-0.25, -0.2) is 4.39 Å². The molecule has 0 spiro atoms. The number of hydrogen-bond acceptors (Lipinski definition) is 6. The summed E-state index contributed by atoms with van der Waals surface area (Å²) in [5.41, 5.74) is 0.417. The summed E-state index contributed by atoms with van der Waals surface area (Å²) in [6.45, 7) is 6.57. The maximum atomic E-state index is 15.8. The number of thiophene rings is 1. The van der Waals surface area contributed by atoms with Gasteiger partial charge in [-0.15, -0.1) is 11.3 Å². The molecule has 8 nitrogen and oxygen atoms in total. The van der Waals surface area contributed by atoms with Crippen molar-refractivity contribution in [3.63, 3.8) is 0 Å². The summed E-state index contributed by atoms with van der Waals surface area (Å²) in [6.07, 6.45) is 3.21. The first-order valence-corrected chi connectivity index (χ1v) is 11.4. The fourth-order valence-corrected chi connectivity index (χ4v) is 4.90. The van der Waals surface area contributed by atoms with Crippen LogP contribution in [0.1, 0.15) is 40.5 Å². The zero-order valence-corrected chi connectivity index (χ0v) is 20.5. The second-order valence-corrected chi connectivity index (χ2v) is 9.64. The van der Waals surface area contributed by atoms with Gasteiger partial charge in [0, 0.05) is 37.4 Å². The minimum atomic E-state index is -1.48. The van der Waals surface area contributed by atoms with Gasteiger partial charge in [-0.2, -0.15) is 0 Å². The van der Waals surface area contributed by atoms with Gasteiger partial charge in [-0.1, -0.05) is 0 Å². The number of carbonyl (C=O) groups excluding carboxylic acids is 1. The van der Waals surface area contributed by atoms with Crippen molar-refractivity contribution in [3.8, 4) is 21.9 Å². The number of H-pyrrole nitrogens is 1. The van der Waals surface area contributed by atoms with E-state index in [1.165, 1.54) is 25.5 Å². The van der Waals surface area contributed by atoms with E-state index >= 15 is 4.39 Å². The van der Waals surface area contributed by atoms with Crippen LogP contribution >= 0.6 is 11.3 Å². The summed E-state index contributed by atoms with van der Waals surface area (Å²) in [5.74, 6) is -0.760. The van der Waals surface area contributed by atoms with E-state index in [1.807, 2.05) is 6.92 Å². The first-order valence-electron chi connectivity index (χ1n) is 10.5. The van der Waals surface area contributed by atoms with Crippen LogP contribution in [0.3, 0.4) is 0 Å². The van der Waals surface area contributed by atoms with Crippen LogP contribution in [0.2, 0.25) is 0 Å². The van der Waals surface area contributed by atoms with E-state index < -0.39 is 17.3 Å². The van der Waals surface area contributed by atoms with Gasteiger partial charge in [0.15, 0.2) is 17.3 Å². The van der Waals surface area contributed by atoms with E-state index in [1.54, 1.807) is 38.5 Å². The zero-order chi connectivity index (χ0) is 24.9. The largest absolute Gasteiger partial charge is 0.451 e. The molecule has 0 atom stereocenters. The van der Waals surface area contributed by atoms with Gasteiger partial charge in [0.05, 0.1) is 21.0 Å². The Morgan fingerprint density at radius 2 is 2.03 bits per heavy atom. The summed E-state index contributed by atoms with van der Waals surface area (Å²) in [7, 11) is 3.06. The molecule has 0 unspecified atom stereocenters. The molecule has 10 heteroatoms. The normalized spacial score (nSPS) is 11.8. The first kappa shape index (κ1) is 23.7. The quantitative estimate of drug-likeness (QED) is 0.395. The number of rotatable bonds is 5. The molecule has 4 heterocycles. The minimum Gasteiger partial charge on any atom is -0.451 e. The molecule has 0 saturated carbocycles. The minimum absolute atomic E-state index is 0.0797. The van der Waals surface area contributed by atoms with E-state index in [0.717, 1.165) is 16.9 Å². The lowest BCUT2D eigenvalue weighted by Crippen LogP contribution is -2.19. The second-order valence-electron chi connectivity index (χ2n) is 8.62. The van der Waals surface area contributed by atoms with Crippen molar-refractivity contribution in [1.29, 1.82) is 0 Å². The highest BCUT2D eigenvalue weighted by Gasteiger charge is 2.32. The average Bonchev–Trinajstić information content (AvgIpc) is 3.35. The Labute approximate surface area is 199 Å². The summed E-state index contributed by atoms with van der Waals surface area (Å²) in [5, 5.41) is 13.6. The van der Waals surface area contributed by atoms with Crippen LogP contribution in [0.4, 0.5) is 4.39 Å². The summed E-state index contributed by atoms with van der Waals surface area (Å²) >= 11 is 1.03. The molecule has 0 aliphatic heterocycles. The predicted octanol–water partition coefficient (Wildman–Crippen LogP) is 4.13. The van der Waals surface area contributed by atoms with Crippen molar-refractivity contribution in [2.24, 2.45) is 7.05 Å². The number of ether oxygens (including phenoxy) is 1. The number of pyridine rings is 2. The lowest BCUT2D eigenvalue weighted by Gasteiger charge is -2.15. The van der Waals surface area contributed by atoms with Gasteiger partial charge in [0.1, 0.15) is 11.2 Å². The van der Waals surface area contributed by atoms with Crippen LogP contribution in [-0.4, -0.2) is 32.6 Å². The molecule has 0 radical (unpaired) electrons. The monoisotopic (exact) mass is 484 g/mol. The SMILES string of the molecule is CNC(=O)c1cc2c(-c3sc(C(C)(C)O)c(F)c3Oc3c(C)ccnc3C)cn(C)c(=O)c2[nH]1. The van der Waals surface area contributed by atoms with Crippen molar-refractivity contribution < 1.29 is 19.0 Å². The molecule has 0 bridgehead atoms. The Balaban J connectivity index is 2.05. The van der Waals surface area contributed by atoms with Gasteiger partial charge in [-0.3, -0.25) is 14.6 Å². The van der Waals surface area contributed by atoms with E-state index in [9.17, 15) is 14.7 Å². The fourth-order valence-electron chi connectivity index (χ4n) is 3.77. The molecule has 34 heavy (non-hydrogen) atoms. The molecule has 0 fully saturated rings. The summed E-state index contributed by atoms with van der Waals surface area (Å²) in [4.78, 5) is 32.6. The summed E-state index contributed by atoms with van der Waals surface area (Å²) < 4.78 is 23.2. The summed E-state index contributed by atoms with van der Waals surface area (Å²) in [6, 6.07) is 3.31. The number of hydrogen-bond donors (Lipinski definition) is 3. The molecular formula is C24H25FN4O4S. The third kappa shape index (κ3) is 3.88. The molecule has 0 aromatic carbocycles. The van der Waals surface area contributed by atoms with Crippen molar-refractivity contribution in [1.82, 2.24) is 19.9 Å². The van der Waals surface area contributed by atoms with Crippen molar-refractivity contribution in [2.45, 2.75) is 33.3 Å². The van der Waals surface area contributed by atoms with E-state index in [-0.39, 0.29) is 27.4 Å². The van der Waals surface area contributed by atoms with Gasteiger partial charge in [-0.05, 0) is 45.4 Å². The third-order valence-electron chi connectivity index (χ3n) is 5.53. The highest BCUT2D eigenvalue weighted by atomic mass is 32.1. The highest BCUT2D eigenvalue weighted by Crippen LogP contribution is 2.48. The van der Waals surface area contributed by atoms with E-state index in [0.29, 0.717) is 27.3 Å². The number of aliphatic hydroxyl groups is 1. The Morgan fingerprint density at radius 3 is 2.65 bits per heavy atom. The number of aryl methyl sites for hydroxylation is 3. The Morgan fingerprint density at radius 1 is 1.32 bits per heavy atom. The molecule has 4 rings (SSSR count). The number of carbonyl (C=O) groups is 1. The maximum Gasteiger partial charge on any atom is 0.274 e. The Hall–Kier alpha value is -3.50. The van der Waals surface area contributed by atoms with Crippen molar-refractivity contribution in [2.75, 3.05) is 7.05 Å². The molecule has 3 N–H and O–H groups in total. The molecule has 0 saturated heterocycles. The topological polar surface area (TPSA) is 109 Å². The lowest BCUT2D eigenvalue weighted by atomic mass is 10.1. The van der Waals surface area contributed by atoms with Gasteiger partial charge in [0.25, 0.3) is 11.5 Å². The van der Waals surface area contributed by atoms with Crippen LogP contribution < -0.4 is 15.6 Å². The van der Waals surface area contributed by atoms with Crippen LogP contribution in [0, 0.1) is 19.7 Å².